The molecule has 0 spiro atoms. The summed E-state index contributed by atoms with van der Waals surface area (Å²) >= 11 is 0. The van der Waals surface area contributed by atoms with E-state index in [4.69, 9.17) is 0 Å². The maximum Gasteiger partial charge on any atom is 0.0495 e. The molecule has 3 aromatic rings. The summed E-state index contributed by atoms with van der Waals surface area (Å²) in [7, 11) is 0. The van der Waals surface area contributed by atoms with E-state index in [-0.39, 0.29) is 0 Å². The highest BCUT2D eigenvalue weighted by molar-refractivity contribution is 6.06. The van der Waals surface area contributed by atoms with Crippen LogP contribution in [0.1, 0.15) is 85.6 Å². The number of hydrogen-bond donors (Lipinski definition) is 1. The second-order valence-electron chi connectivity index (χ2n) is 8.67. The van der Waals surface area contributed by atoms with Crippen LogP contribution in [0.15, 0.2) is 36.7 Å². The molecular formula is C25H38N2. The topological polar surface area (TPSA) is 28.7 Å². The van der Waals surface area contributed by atoms with Crippen LogP contribution >= 0.6 is 0 Å². The molecule has 1 N–H and O–H groups in total. The molecule has 2 nitrogen and oxygen atoms in total. The molecule has 0 bridgehead atoms. The minimum atomic E-state index is 0.391. The second kappa shape index (κ2) is 9.39. The Bertz CT molecular complexity index is 842. The van der Waals surface area contributed by atoms with Crippen LogP contribution in [0.3, 0.4) is 0 Å². The third-order valence-corrected chi connectivity index (χ3v) is 5.64. The van der Waals surface area contributed by atoms with Crippen molar-refractivity contribution in [3.63, 3.8) is 0 Å². The quantitative estimate of drug-likeness (QED) is 0.449. The maximum atomic E-state index is 4.32. The van der Waals surface area contributed by atoms with Crippen LogP contribution in [0.25, 0.3) is 21.8 Å². The molecular weight excluding hydrogens is 328 g/mol. The summed E-state index contributed by atoms with van der Waals surface area (Å²) in [5.74, 6) is 1.24. The van der Waals surface area contributed by atoms with Gasteiger partial charge in [-0.1, -0.05) is 67.4 Å². The van der Waals surface area contributed by atoms with E-state index in [9.17, 15) is 0 Å². The van der Waals surface area contributed by atoms with Crippen LogP contribution in [0.5, 0.6) is 0 Å². The van der Waals surface area contributed by atoms with Crippen molar-refractivity contribution < 1.29 is 0 Å². The Morgan fingerprint density at radius 3 is 2.41 bits per heavy atom. The van der Waals surface area contributed by atoms with Crippen LogP contribution in [-0.2, 0) is 0 Å². The summed E-state index contributed by atoms with van der Waals surface area (Å²) in [6.45, 7) is 15.9. The number of H-pyrrole nitrogens is 1. The predicted octanol–water partition coefficient (Wildman–Crippen LogP) is 8.09. The van der Waals surface area contributed by atoms with Crippen molar-refractivity contribution in [2.45, 2.75) is 80.1 Å². The van der Waals surface area contributed by atoms with E-state index in [1.807, 2.05) is 26.2 Å². The molecule has 3 rings (SSSR count). The Hall–Kier alpha value is -1.83. The molecule has 27 heavy (non-hydrogen) atoms. The molecule has 0 aliphatic carbocycles. The lowest BCUT2D eigenvalue weighted by molar-refractivity contribution is 0.248. The Labute approximate surface area is 165 Å². The molecule has 0 radical (unpaired) electrons. The minimum absolute atomic E-state index is 0.391. The van der Waals surface area contributed by atoms with Gasteiger partial charge < -0.3 is 4.98 Å². The lowest BCUT2D eigenvalue weighted by Crippen LogP contribution is -2.19. The summed E-state index contributed by atoms with van der Waals surface area (Å²) in [6, 6.07) is 9.03. The average molecular weight is 367 g/mol. The number of unbranched alkanes of at least 4 members (excludes halogenated alkanes) is 1. The van der Waals surface area contributed by atoms with Crippen LogP contribution in [0.2, 0.25) is 0 Å². The number of fused-ring (bicyclic) bond motifs is 3. The van der Waals surface area contributed by atoms with Crippen LogP contribution < -0.4 is 0 Å². The van der Waals surface area contributed by atoms with Crippen molar-refractivity contribution in [3.05, 3.63) is 42.2 Å². The summed E-state index contributed by atoms with van der Waals surface area (Å²) < 4.78 is 0. The molecule has 1 aromatic carbocycles. The first kappa shape index (κ1) is 21.5. The fourth-order valence-electron chi connectivity index (χ4n) is 4.08. The van der Waals surface area contributed by atoms with Gasteiger partial charge in [0.05, 0.1) is 0 Å². The van der Waals surface area contributed by atoms with E-state index in [0.717, 1.165) is 0 Å². The first-order valence-electron chi connectivity index (χ1n) is 10.8. The Kier molecular flexibility index (Phi) is 7.47. The minimum Gasteiger partial charge on any atom is -0.354 e. The Morgan fingerprint density at radius 1 is 1.04 bits per heavy atom. The van der Waals surface area contributed by atoms with Crippen molar-refractivity contribution in [3.8, 4) is 0 Å². The molecule has 2 heterocycles. The van der Waals surface area contributed by atoms with Gasteiger partial charge in [-0.15, -0.1) is 0 Å². The Balaban J connectivity index is 0.00000126. The van der Waals surface area contributed by atoms with Gasteiger partial charge in [-0.2, -0.15) is 0 Å². The summed E-state index contributed by atoms with van der Waals surface area (Å²) in [6.07, 6.45) is 9.00. The van der Waals surface area contributed by atoms with Crippen molar-refractivity contribution >= 4 is 21.8 Å². The van der Waals surface area contributed by atoms with Gasteiger partial charge in [0, 0.05) is 34.2 Å². The summed E-state index contributed by atoms with van der Waals surface area (Å²) in [5.41, 5.74) is 4.24. The largest absolute Gasteiger partial charge is 0.354 e. The molecule has 2 aromatic heterocycles. The number of aromatic amines is 1. The highest BCUT2D eigenvalue weighted by Crippen LogP contribution is 2.40. The van der Waals surface area contributed by atoms with Crippen LogP contribution in [0, 0.1) is 11.3 Å². The standard InChI is InChI=1S/C23H32N2.C2H6/c1-6-7-11-23(4,5)14-19(16(2)3)17-8-9-21-18(13-17)20-15-24-12-10-22(20)25-21;1-2/h8-10,12-13,15-16,19,25H,6-7,11,14H2,1-5H3;1-2H3. The fourth-order valence-corrected chi connectivity index (χ4v) is 4.08. The monoisotopic (exact) mass is 366 g/mol. The van der Waals surface area contributed by atoms with E-state index in [0.29, 0.717) is 17.3 Å². The second-order valence-corrected chi connectivity index (χ2v) is 8.67. The van der Waals surface area contributed by atoms with Crippen molar-refractivity contribution in [1.29, 1.82) is 0 Å². The number of pyridine rings is 1. The van der Waals surface area contributed by atoms with Crippen molar-refractivity contribution in [1.82, 2.24) is 9.97 Å². The van der Waals surface area contributed by atoms with Crippen LogP contribution in [-0.4, -0.2) is 9.97 Å². The SMILES string of the molecule is CC.CCCCC(C)(C)CC(c1ccc2[nH]c3ccncc3c2c1)C(C)C. The predicted molar refractivity (Wildman–Crippen MR) is 120 cm³/mol. The molecule has 0 saturated carbocycles. The van der Waals surface area contributed by atoms with Gasteiger partial charge in [0.15, 0.2) is 0 Å². The maximum absolute atomic E-state index is 4.32. The molecule has 2 heteroatoms. The van der Waals surface area contributed by atoms with E-state index >= 15 is 0 Å². The zero-order valence-electron chi connectivity index (χ0n) is 18.4. The molecule has 0 fully saturated rings. The zero-order valence-corrected chi connectivity index (χ0v) is 18.4. The van der Waals surface area contributed by atoms with E-state index < -0.39 is 0 Å². The first-order valence-corrected chi connectivity index (χ1v) is 10.8. The van der Waals surface area contributed by atoms with E-state index in [1.54, 1.807) is 0 Å². The highest BCUT2D eigenvalue weighted by Gasteiger charge is 2.26. The van der Waals surface area contributed by atoms with Gasteiger partial charge in [0.2, 0.25) is 0 Å². The van der Waals surface area contributed by atoms with Gasteiger partial charge in [-0.25, -0.2) is 0 Å². The number of benzene rings is 1. The van der Waals surface area contributed by atoms with Crippen molar-refractivity contribution in [2.24, 2.45) is 11.3 Å². The zero-order chi connectivity index (χ0) is 20.0. The van der Waals surface area contributed by atoms with Gasteiger partial charge in [0.25, 0.3) is 0 Å². The number of nitrogens with zero attached hydrogens (tertiary/aromatic N) is 1. The summed E-state index contributed by atoms with van der Waals surface area (Å²) in [5, 5.41) is 2.53. The molecule has 0 amide bonds. The highest BCUT2D eigenvalue weighted by atomic mass is 14.7. The van der Waals surface area contributed by atoms with Gasteiger partial charge in [0.1, 0.15) is 0 Å². The molecule has 148 valence electrons. The fraction of sp³-hybridized carbons (Fsp3) is 0.560. The smallest absolute Gasteiger partial charge is 0.0495 e. The van der Waals surface area contributed by atoms with Gasteiger partial charge in [-0.05, 0) is 53.9 Å². The molecule has 1 unspecified atom stereocenters. The molecule has 0 aliphatic rings. The molecule has 0 saturated heterocycles. The molecule has 0 aliphatic heterocycles. The lowest BCUT2D eigenvalue weighted by Gasteiger charge is -2.32. The number of hydrogen-bond acceptors (Lipinski definition) is 1. The van der Waals surface area contributed by atoms with E-state index in [1.165, 1.54) is 53.1 Å². The van der Waals surface area contributed by atoms with Gasteiger partial charge in [-0.3, -0.25) is 4.98 Å². The van der Waals surface area contributed by atoms with Crippen molar-refractivity contribution in [2.75, 3.05) is 0 Å². The van der Waals surface area contributed by atoms with Crippen LogP contribution in [0.4, 0.5) is 0 Å². The van der Waals surface area contributed by atoms with Gasteiger partial charge >= 0.3 is 0 Å². The normalized spacial score (nSPS) is 13.0. The number of aromatic nitrogens is 2. The number of nitrogens with one attached hydrogen (secondary N) is 1. The Morgan fingerprint density at radius 2 is 1.74 bits per heavy atom. The molecule has 1 atom stereocenters. The lowest BCUT2D eigenvalue weighted by atomic mass is 9.73. The summed E-state index contributed by atoms with van der Waals surface area (Å²) in [4.78, 5) is 7.83. The van der Waals surface area contributed by atoms with E-state index in [2.05, 4.69) is 68.9 Å². The first-order chi connectivity index (χ1) is 12.9. The number of rotatable bonds is 7. The third-order valence-electron chi connectivity index (χ3n) is 5.64. The third kappa shape index (κ3) is 5.12. The average Bonchev–Trinajstić information content (AvgIpc) is 3.04.